The van der Waals surface area contributed by atoms with E-state index >= 15 is 0 Å². The van der Waals surface area contributed by atoms with Crippen LogP contribution in [0.3, 0.4) is 0 Å². The average Bonchev–Trinajstić information content (AvgIpc) is 2.82. The molecule has 0 amide bonds. The predicted octanol–water partition coefficient (Wildman–Crippen LogP) is 2.03. The fourth-order valence-corrected chi connectivity index (χ4v) is 3.41. The predicted molar refractivity (Wildman–Crippen MR) is 75.9 cm³/mol. The second kappa shape index (κ2) is 5.13. The van der Waals surface area contributed by atoms with Crippen LogP contribution < -0.4 is 5.56 Å². The number of thioether (sulfide) groups is 1. The van der Waals surface area contributed by atoms with E-state index in [4.69, 9.17) is 5.11 Å². The van der Waals surface area contributed by atoms with Crippen LogP contribution in [0.25, 0.3) is 11.3 Å². The molecule has 0 aliphatic carbocycles. The van der Waals surface area contributed by atoms with E-state index in [-0.39, 0.29) is 18.0 Å². The molecule has 20 heavy (non-hydrogen) atoms. The molecular weight excluding hydrogens is 276 g/mol. The van der Waals surface area contributed by atoms with Gasteiger partial charge >= 0.3 is 5.97 Å². The van der Waals surface area contributed by atoms with Gasteiger partial charge in [-0.1, -0.05) is 42.1 Å². The smallest absolute Gasteiger partial charge is 0.305 e. The number of carboxylic acid groups (broad SMARTS) is 1. The minimum atomic E-state index is -0.900. The molecule has 6 heteroatoms. The van der Waals surface area contributed by atoms with E-state index < -0.39 is 5.97 Å². The molecule has 1 atom stereocenters. The number of rotatable bonds is 3. The molecule has 0 saturated carbocycles. The fraction of sp³-hybridized carbons (Fsp3) is 0.214. The molecule has 1 unspecified atom stereocenters. The maximum Gasteiger partial charge on any atom is 0.305 e. The zero-order chi connectivity index (χ0) is 14.1. The van der Waals surface area contributed by atoms with Crippen LogP contribution in [0.15, 0.2) is 46.3 Å². The first-order valence-corrected chi connectivity index (χ1v) is 7.17. The van der Waals surface area contributed by atoms with Crippen LogP contribution in [0, 0.1) is 0 Å². The number of nitrogens with zero attached hydrogens (tertiary/aromatic N) is 2. The van der Waals surface area contributed by atoms with Gasteiger partial charge in [-0.25, -0.2) is 4.98 Å². The Morgan fingerprint density at radius 2 is 2.15 bits per heavy atom. The highest BCUT2D eigenvalue weighted by Crippen LogP contribution is 2.33. The summed E-state index contributed by atoms with van der Waals surface area (Å²) < 4.78 is 1.49. The van der Waals surface area contributed by atoms with Crippen LogP contribution in [0.4, 0.5) is 0 Å². The minimum absolute atomic E-state index is 0.0493. The Morgan fingerprint density at radius 3 is 2.85 bits per heavy atom. The van der Waals surface area contributed by atoms with Crippen molar-refractivity contribution in [2.24, 2.45) is 0 Å². The van der Waals surface area contributed by atoms with Crippen LogP contribution in [-0.2, 0) is 4.79 Å². The topological polar surface area (TPSA) is 72.2 Å². The van der Waals surface area contributed by atoms with Crippen LogP contribution in [0.5, 0.6) is 0 Å². The van der Waals surface area contributed by atoms with Gasteiger partial charge in [0, 0.05) is 17.4 Å². The maximum absolute atomic E-state index is 12.2. The van der Waals surface area contributed by atoms with Gasteiger partial charge < -0.3 is 5.11 Å². The zero-order valence-electron chi connectivity index (χ0n) is 10.5. The third-order valence-electron chi connectivity index (χ3n) is 3.17. The van der Waals surface area contributed by atoms with Gasteiger partial charge in [0.05, 0.1) is 18.2 Å². The summed E-state index contributed by atoms with van der Waals surface area (Å²) >= 11 is 1.43. The number of carbonyl (C=O) groups is 1. The second-order valence-corrected chi connectivity index (χ2v) is 5.55. The second-order valence-electron chi connectivity index (χ2n) is 4.56. The molecule has 2 heterocycles. The molecule has 0 bridgehead atoms. The third kappa shape index (κ3) is 2.34. The molecule has 5 nitrogen and oxygen atoms in total. The van der Waals surface area contributed by atoms with Crippen LogP contribution in [0.1, 0.15) is 12.5 Å². The lowest BCUT2D eigenvalue weighted by atomic mass is 10.1. The van der Waals surface area contributed by atoms with Crippen molar-refractivity contribution in [2.45, 2.75) is 17.6 Å². The van der Waals surface area contributed by atoms with Crippen molar-refractivity contribution in [1.82, 2.24) is 9.55 Å². The molecule has 1 N–H and O–H groups in total. The standard InChI is InChI=1S/C14H12N2O3S/c17-12-7-11(9-4-2-1-3-5-9)15-14-16(12)10(8-20-14)6-13(18)19/h1-5,7,10H,6,8H2,(H,18,19). The average molecular weight is 288 g/mol. The molecule has 1 aliphatic rings. The van der Waals surface area contributed by atoms with Crippen molar-refractivity contribution in [2.75, 3.05) is 5.75 Å². The van der Waals surface area contributed by atoms with E-state index in [1.54, 1.807) is 0 Å². The summed E-state index contributed by atoms with van der Waals surface area (Å²) in [5.74, 6) is -0.324. The summed E-state index contributed by atoms with van der Waals surface area (Å²) in [5.41, 5.74) is 1.32. The summed E-state index contributed by atoms with van der Waals surface area (Å²) in [4.78, 5) is 27.5. The van der Waals surface area contributed by atoms with Crippen molar-refractivity contribution in [1.29, 1.82) is 0 Å². The Bertz CT molecular complexity index is 712. The molecule has 2 aromatic rings. The Labute approximate surface area is 119 Å². The molecule has 1 aromatic heterocycles. The first-order chi connectivity index (χ1) is 9.65. The Morgan fingerprint density at radius 1 is 1.40 bits per heavy atom. The highest BCUT2D eigenvalue weighted by molar-refractivity contribution is 7.99. The van der Waals surface area contributed by atoms with Gasteiger partial charge in [-0.2, -0.15) is 0 Å². The van der Waals surface area contributed by atoms with E-state index in [9.17, 15) is 9.59 Å². The Kier molecular flexibility index (Phi) is 3.31. The van der Waals surface area contributed by atoms with Crippen LogP contribution >= 0.6 is 11.8 Å². The van der Waals surface area contributed by atoms with Crippen molar-refractivity contribution in [3.8, 4) is 11.3 Å². The number of aromatic nitrogens is 2. The lowest BCUT2D eigenvalue weighted by Crippen LogP contribution is -2.25. The van der Waals surface area contributed by atoms with E-state index in [0.29, 0.717) is 16.6 Å². The van der Waals surface area contributed by atoms with Crippen LogP contribution in [0.2, 0.25) is 0 Å². The van der Waals surface area contributed by atoms with E-state index in [1.165, 1.54) is 22.4 Å². The van der Waals surface area contributed by atoms with Crippen molar-refractivity contribution >= 4 is 17.7 Å². The largest absolute Gasteiger partial charge is 0.481 e. The zero-order valence-corrected chi connectivity index (χ0v) is 11.3. The molecule has 0 radical (unpaired) electrons. The first-order valence-electron chi connectivity index (χ1n) is 6.19. The van der Waals surface area contributed by atoms with Crippen molar-refractivity contribution in [3.63, 3.8) is 0 Å². The minimum Gasteiger partial charge on any atom is -0.481 e. The number of hydrogen-bond donors (Lipinski definition) is 1. The monoisotopic (exact) mass is 288 g/mol. The number of aliphatic carboxylic acids is 1. The number of hydrogen-bond acceptors (Lipinski definition) is 4. The number of carboxylic acids is 1. The maximum atomic E-state index is 12.2. The van der Waals surface area contributed by atoms with Gasteiger partial charge in [0.25, 0.3) is 5.56 Å². The highest BCUT2D eigenvalue weighted by atomic mass is 32.2. The van der Waals surface area contributed by atoms with Gasteiger partial charge in [-0.05, 0) is 0 Å². The molecule has 0 fully saturated rings. The quantitative estimate of drug-likeness (QED) is 0.875. The molecule has 0 spiro atoms. The summed E-state index contributed by atoms with van der Waals surface area (Å²) in [6.45, 7) is 0. The van der Waals surface area contributed by atoms with E-state index in [1.807, 2.05) is 30.3 Å². The summed E-state index contributed by atoms with van der Waals surface area (Å²) in [6.07, 6.45) is -0.0493. The van der Waals surface area contributed by atoms with Gasteiger partial charge in [-0.15, -0.1) is 0 Å². The summed E-state index contributed by atoms with van der Waals surface area (Å²) in [6, 6.07) is 10.6. The fourth-order valence-electron chi connectivity index (χ4n) is 2.26. The molecule has 102 valence electrons. The van der Waals surface area contributed by atoms with Crippen molar-refractivity contribution < 1.29 is 9.90 Å². The van der Waals surface area contributed by atoms with Gasteiger partial charge in [0.2, 0.25) is 0 Å². The highest BCUT2D eigenvalue weighted by Gasteiger charge is 2.27. The summed E-state index contributed by atoms with van der Waals surface area (Å²) in [7, 11) is 0. The lowest BCUT2D eigenvalue weighted by molar-refractivity contribution is -0.137. The summed E-state index contributed by atoms with van der Waals surface area (Å²) in [5, 5.41) is 9.48. The van der Waals surface area contributed by atoms with Gasteiger partial charge in [-0.3, -0.25) is 14.2 Å². The molecule has 0 saturated heterocycles. The Hall–Kier alpha value is -2.08. The van der Waals surface area contributed by atoms with Gasteiger partial charge in [0.15, 0.2) is 5.16 Å². The van der Waals surface area contributed by atoms with Crippen LogP contribution in [-0.4, -0.2) is 26.4 Å². The Balaban J connectivity index is 2.03. The number of benzene rings is 1. The van der Waals surface area contributed by atoms with E-state index in [0.717, 1.165) is 5.56 Å². The molecular formula is C14H12N2O3S. The van der Waals surface area contributed by atoms with Gasteiger partial charge in [0.1, 0.15) is 0 Å². The molecule has 1 aromatic carbocycles. The SMILES string of the molecule is O=C(O)CC1CSc2nc(-c3ccccc3)cc(=O)n21. The molecule has 3 rings (SSSR count). The first kappa shape index (κ1) is 12.9. The van der Waals surface area contributed by atoms with Crippen molar-refractivity contribution in [3.05, 3.63) is 46.8 Å². The molecule has 1 aliphatic heterocycles. The van der Waals surface area contributed by atoms with E-state index in [2.05, 4.69) is 4.98 Å². The lowest BCUT2D eigenvalue weighted by Gasteiger charge is -2.11. The normalized spacial score (nSPS) is 16.9. The number of fused-ring (bicyclic) bond motifs is 1. The third-order valence-corrected chi connectivity index (χ3v) is 4.27.